The molecule has 31 heavy (non-hydrogen) atoms. The van der Waals surface area contributed by atoms with Gasteiger partial charge in [-0.3, -0.25) is 9.36 Å². The van der Waals surface area contributed by atoms with Crippen molar-refractivity contribution in [1.29, 1.82) is 5.26 Å². The standard InChI is InChI=1S/C21H26N6O3S/c1-31(29,30)26-8-4-17(5-9-26)24-20-23-13-16-10-15(12-22)19(28)27(18(16)25-20)21-6-2-14(11-21)3-7-21/h10,13-14,17H,2-9,11H2,1H3,(H,23,24,25). The molecular weight excluding hydrogens is 416 g/mol. The fourth-order valence-electron chi connectivity index (χ4n) is 5.68. The molecule has 2 aliphatic carbocycles. The van der Waals surface area contributed by atoms with Gasteiger partial charge in [-0.1, -0.05) is 0 Å². The number of pyridine rings is 1. The predicted octanol–water partition coefficient (Wildman–Crippen LogP) is 1.79. The molecule has 0 atom stereocenters. The van der Waals surface area contributed by atoms with Crippen molar-refractivity contribution in [2.24, 2.45) is 5.92 Å². The Morgan fingerprint density at radius 1 is 1.23 bits per heavy atom. The molecule has 2 saturated carbocycles. The van der Waals surface area contributed by atoms with Gasteiger partial charge in [0.15, 0.2) is 0 Å². The Hall–Kier alpha value is -2.51. The molecule has 164 valence electrons. The molecule has 3 fully saturated rings. The van der Waals surface area contributed by atoms with Gasteiger partial charge < -0.3 is 5.32 Å². The van der Waals surface area contributed by atoms with Crippen LogP contribution in [0.25, 0.3) is 11.0 Å². The minimum absolute atomic E-state index is 0.0644. The quantitative estimate of drug-likeness (QED) is 0.766. The second-order valence-corrected chi connectivity index (χ2v) is 11.2. The molecule has 1 N–H and O–H groups in total. The maximum absolute atomic E-state index is 13.2. The van der Waals surface area contributed by atoms with Crippen molar-refractivity contribution >= 4 is 27.0 Å². The highest BCUT2D eigenvalue weighted by Gasteiger charge is 2.47. The van der Waals surface area contributed by atoms with E-state index in [1.165, 1.54) is 10.6 Å². The molecule has 3 aliphatic rings. The lowest BCUT2D eigenvalue weighted by Gasteiger charge is -2.31. The van der Waals surface area contributed by atoms with Gasteiger partial charge in [-0.25, -0.2) is 17.7 Å². The van der Waals surface area contributed by atoms with Gasteiger partial charge in [0.25, 0.3) is 5.56 Å². The summed E-state index contributed by atoms with van der Waals surface area (Å²) in [5.41, 5.74) is 0.204. The number of piperidine rings is 1. The maximum atomic E-state index is 13.2. The van der Waals surface area contributed by atoms with Crippen molar-refractivity contribution in [3.05, 3.63) is 28.2 Å². The van der Waals surface area contributed by atoms with Gasteiger partial charge in [0.2, 0.25) is 16.0 Å². The number of nitrogens with zero attached hydrogens (tertiary/aromatic N) is 5. The van der Waals surface area contributed by atoms with E-state index in [4.69, 9.17) is 4.98 Å². The molecule has 2 aromatic rings. The molecule has 1 aliphatic heterocycles. The van der Waals surface area contributed by atoms with Crippen molar-refractivity contribution in [2.45, 2.75) is 56.5 Å². The SMILES string of the molecule is CS(=O)(=O)N1CCC(Nc2ncc3cc(C#N)c(=O)n(C45CCC(CC4)C5)c3n2)CC1. The largest absolute Gasteiger partial charge is 0.351 e. The van der Waals surface area contributed by atoms with Gasteiger partial charge in [0.1, 0.15) is 17.3 Å². The summed E-state index contributed by atoms with van der Waals surface area (Å²) in [5, 5.41) is 13.5. The zero-order chi connectivity index (χ0) is 21.8. The smallest absolute Gasteiger partial charge is 0.270 e. The topological polar surface area (TPSA) is 121 Å². The number of sulfonamides is 1. The number of nitrogens with one attached hydrogen (secondary N) is 1. The van der Waals surface area contributed by atoms with Gasteiger partial charge in [-0.15, -0.1) is 0 Å². The van der Waals surface area contributed by atoms with E-state index >= 15 is 0 Å². The van der Waals surface area contributed by atoms with Crippen LogP contribution in [0.5, 0.6) is 0 Å². The summed E-state index contributed by atoms with van der Waals surface area (Å²) >= 11 is 0. The molecule has 0 aromatic carbocycles. The highest BCUT2D eigenvalue weighted by Crippen LogP contribution is 2.52. The molecule has 5 rings (SSSR count). The summed E-state index contributed by atoms with van der Waals surface area (Å²) in [6.45, 7) is 0.926. The van der Waals surface area contributed by atoms with E-state index in [1.807, 2.05) is 6.07 Å². The zero-order valence-corrected chi connectivity index (χ0v) is 18.4. The summed E-state index contributed by atoms with van der Waals surface area (Å²) in [7, 11) is -3.17. The van der Waals surface area contributed by atoms with Gasteiger partial charge in [0.05, 0.1) is 6.26 Å². The first kappa shape index (κ1) is 20.4. The fourth-order valence-corrected chi connectivity index (χ4v) is 6.55. The van der Waals surface area contributed by atoms with E-state index < -0.39 is 10.0 Å². The van der Waals surface area contributed by atoms with Crippen LogP contribution in [0.4, 0.5) is 5.95 Å². The molecule has 0 spiro atoms. The number of rotatable bonds is 4. The number of anilines is 1. The Labute approximate surface area is 181 Å². The molecule has 0 unspecified atom stereocenters. The Kier molecular flexibility index (Phi) is 4.79. The van der Waals surface area contributed by atoms with E-state index in [0.717, 1.165) is 32.1 Å². The normalized spacial score (nSPS) is 26.9. The van der Waals surface area contributed by atoms with E-state index in [-0.39, 0.29) is 22.7 Å². The van der Waals surface area contributed by atoms with E-state index in [0.29, 0.717) is 48.8 Å². The van der Waals surface area contributed by atoms with Crippen molar-refractivity contribution < 1.29 is 8.42 Å². The van der Waals surface area contributed by atoms with Crippen LogP contribution in [-0.2, 0) is 15.6 Å². The Morgan fingerprint density at radius 2 is 1.94 bits per heavy atom. The average molecular weight is 443 g/mol. The molecule has 0 radical (unpaired) electrons. The minimum Gasteiger partial charge on any atom is -0.351 e. The zero-order valence-electron chi connectivity index (χ0n) is 17.5. The maximum Gasteiger partial charge on any atom is 0.270 e. The molecule has 9 nitrogen and oxygen atoms in total. The number of hydrogen-bond acceptors (Lipinski definition) is 7. The van der Waals surface area contributed by atoms with Gasteiger partial charge in [-0.05, 0) is 56.9 Å². The van der Waals surface area contributed by atoms with Crippen LogP contribution in [0, 0.1) is 17.2 Å². The van der Waals surface area contributed by atoms with Crippen LogP contribution in [0.15, 0.2) is 17.1 Å². The fraction of sp³-hybridized carbons (Fsp3) is 0.619. The molecule has 3 heterocycles. The first-order valence-corrected chi connectivity index (χ1v) is 12.7. The second-order valence-electron chi connectivity index (χ2n) is 9.24. The Balaban J connectivity index is 1.49. The summed E-state index contributed by atoms with van der Waals surface area (Å²) < 4.78 is 26.7. The van der Waals surface area contributed by atoms with Crippen molar-refractivity contribution in [3.8, 4) is 6.07 Å². The van der Waals surface area contributed by atoms with E-state index in [9.17, 15) is 18.5 Å². The molecule has 10 heteroatoms. The van der Waals surface area contributed by atoms with Crippen molar-refractivity contribution in [3.63, 3.8) is 0 Å². The second kappa shape index (κ2) is 7.28. The van der Waals surface area contributed by atoms with Gasteiger partial charge >= 0.3 is 0 Å². The molecule has 2 aromatic heterocycles. The lowest BCUT2D eigenvalue weighted by molar-refractivity contribution is 0.291. The highest BCUT2D eigenvalue weighted by atomic mass is 32.2. The van der Waals surface area contributed by atoms with E-state index in [2.05, 4.69) is 10.3 Å². The Bertz CT molecular complexity index is 1230. The molecule has 1 saturated heterocycles. The first-order valence-electron chi connectivity index (χ1n) is 10.8. The summed E-state index contributed by atoms with van der Waals surface area (Å²) in [5.74, 6) is 1.08. The number of aromatic nitrogens is 3. The predicted molar refractivity (Wildman–Crippen MR) is 116 cm³/mol. The third-order valence-corrected chi connectivity index (χ3v) is 8.60. The first-order chi connectivity index (χ1) is 14.8. The molecular formula is C21H26N6O3S. The third-order valence-electron chi connectivity index (χ3n) is 7.30. The monoisotopic (exact) mass is 442 g/mol. The van der Waals surface area contributed by atoms with E-state index in [1.54, 1.807) is 16.8 Å². The number of nitriles is 1. The number of hydrogen-bond donors (Lipinski definition) is 1. The Morgan fingerprint density at radius 3 is 2.52 bits per heavy atom. The third kappa shape index (κ3) is 3.49. The van der Waals surface area contributed by atoms with Crippen LogP contribution in [0.3, 0.4) is 0 Å². The molecule has 2 bridgehead atoms. The van der Waals surface area contributed by atoms with Gasteiger partial charge in [0, 0.05) is 36.3 Å². The highest BCUT2D eigenvalue weighted by molar-refractivity contribution is 7.88. The van der Waals surface area contributed by atoms with Crippen LogP contribution < -0.4 is 10.9 Å². The van der Waals surface area contributed by atoms with Crippen LogP contribution >= 0.6 is 0 Å². The van der Waals surface area contributed by atoms with Crippen molar-refractivity contribution in [1.82, 2.24) is 18.8 Å². The van der Waals surface area contributed by atoms with Gasteiger partial charge in [-0.2, -0.15) is 10.2 Å². The van der Waals surface area contributed by atoms with Crippen LogP contribution in [0.1, 0.15) is 50.5 Å². The molecule has 0 amide bonds. The lowest BCUT2D eigenvalue weighted by Crippen LogP contribution is -2.42. The van der Waals surface area contributed by atoms with Crippen LogP contribution in [0.2, 0.25) is 0 Å². The summed E-state index contributed by atoms with van der Waals surface area (Å²) in [6, 6.07) is 3.69. The number of fused-ring (bicyclic) bond motifs is 3. The summed E-state index contributed by atoms with van der Waals surface area (Å²) in [6.07, 6.45) is 9.31. The minimum atomic E-state index is -3.17. The summed E-state index contributed by atoms with van der Waals surface area (Å²) in [4.78, 5) is 22.4. The lowest BCUT2D eigenvalue weighted by atomic mass is 9.92. The average Bonchev–Trinajstić information content (AvgIpc) is 3.35. The van der Waals surface area contributed by atoms with Crippen LogP contribution in [-0.4, -0.2) is 52.6 Å². The van der Waals surface area contributed by atoms with Crippen molar-refractivity contribution in [2.75, 3.05) is 24.7 Å².